The van der Waals surface area contributed by atoms with Crippen molar-refractivity contribution >= 4 is 28.9 Å². The van der Waals surface area contributed by atoms with E-state index in [9.17, 15) is 4.39 Å². The van der Waals surface area contributed by atoms with Crippen molar-refractivity contribution in [3.63, 3.8) is 0 Å². The first-order valence-corrected chi connectivity index (χ1v) is 7.46. The zero-order valence-corrected chi connectivity index (χ0v) is 12.4. The smallest absolute Gasteiger partial charge is 0.126 e. The molecule has 6 heteroatoms. The summed E-state index contributed by atoms with van der Waals surface area (Å²) in [6.45, 7) is 2.05. The summed E-state index contributed by atoms with van der Waals surface area (Å²) in [5, 5.41) is 3.94. The van der Waals surface area contributed by atoms with Crippen LogP contribution in [0, 0.1) is 5.82 Å². The van der Waals surface area contributed by atoms with E-state index in [1.807, 2.05) is 0 Å². The van der Waals surface area contributed by atoms with Crippen molar-refractivity contribution in [2.24, 2.45) is 0 Å². The number of halogens is 3. The normalized spacial score (nSPS) is 29.9. The molecule has 2 heterocycles. The van der Waals surface area contributed by atoms with Gasteiger partial charge < -0.3 is 14.8 Å². The molecule has 1 aromatic carbocycles. The van der Waals surface area contributed by atoms with E-state index in [1.165, 1.54) is 12.1 Å². The average molecular weight is 320 g/mol. The van der Waals surface area contributed by atoms with Crippen LogP contribution in [0.4, 0.5) is 10.1 Å². The highest BCUT2D eigenvalue weighted by atomic mass is 35.5. The van der Waals surface area contributed by atoms with Crippen LogP contribution in [0.1, 0.15) is 19.3 Å². The molecule has 0 radical (unpaired) electrons. The lowest BCUT2D eigenvalue weighted by atomic mass is 9.89. The molecule has 0 aliphatic carbocycles. The van der Waals surface area contributed by atoms with Gasteiger partial charge in [0.25, 0.3) is 0 Å². The first kappa shape index (κ1) is 14.4. The Labute approximate surface area is 127 Å². The molecule has 2 fully saturated rings. The molecule has 2 aliphatic rings. The monoisotopic (exact) mass is 319 g/mol. The summed E-state index contributed by atoms with van der Waals surface area (Å²) in [5.74, 6) is -0.432. The molecule has 0 aromatic heterocycles. The van der Waals surface area contributed by atoms with Gasteiger partial charge in [0.05, 0.1) is 27.9 Å². The molecule has 1 N–H and O–H groups in total. The van der Waals surface area contributed by atoms with Gasteiger partial charge in [-0.25, -0.2) is 4.39 Å². The summed E-state index contributed by atoms with van der Waals surface area (Å²) in [4.78, 5) is 0. The highest BCUT2D eigenvalue weighted by Gasteiger charge is 2.41. The molecular formula is C14H16Cl2FNO2. The van der Waals surface area contributed by atoms with Gasteiger partial charge in [-0.05, 0) is 25.0 Å². The van der Waals surface area contributed by atoms with Gasteiger partial charge in [0.1, 0.15) is 5.82 Å². The van der Waals surface area contributed by atoms with Gasteiger partial charge in [0.2, 0.25) is 0 Å². The van der Waals surface area contributed by atoms with Gasteiger partial charge in [0.15, 0.2) is 0 Å². The lowest BCUT2D eigenvalue weighted by Gasteiger charge is -2.38. The molecule has 110 valence electrons. The van der Waals surface area contributed by atoms with Gasteiger partial charge in [0, 0.05) is 25.7 Å². The molecule has 1 aromatic rings. The molecule has 2 saturated heterocycles. The summed E-state index contributed by atoms with van der Waals surface area (Å²) < 4.78 is 24.5. The van der Waals surface area contributed by atoms with E-state index < -0.39 is 5.82 Å². The van der Waals surface area contributed by atoms with Crippen LogP contribution < -0.4 is 5.32 Å². The van der Waals surface area contributed by atoms with Crippen LogP contribution in [0.2, 0.25) is 10.0 Å². The average Bonchev–Trinajstić information content (AvgIpc) is 2.82. The summed E-state index contributed by atoms with van der Waals surface area (Å²) in [6, 6.07) is 2.73. The first-order chi connectivity index (χ1) is 9.58. The van der Waals surface area contributed by atoms with Crippen molar-refractivity contribution in [3.05, 3.63) is 28.0 Å². The second-order valence-corrected chi connectivity index (χ2v) is 6.23. The minimum atomic E-state index is -0.432. The van der Waals surface area contributed by atoms with E-state index in [0.29, 0.717) is 28.9 Å². The fourth-order valence-corrected chi connectivity index (χ4v) is 3.47. The third-order valence-corrected chi connectivity index (χ3v) is 4.51. The molecule has 2 aliphatic heterocycles. The Kier molecular flexibility index (Phi) is 4.09. The van der Waals surface area contributed by atoms with Crippen molar-refractivity contribution in [1.29, 1.82) is 0 Å². The molecule has 2 atom stereocenters. The van der Waals surface area contributed by atoms with E-state index in [-0.39, 0.29) is 11.6 Å². The maximum absolute atomic E-state index is 13.2. The zero-order valence-electron chi connectivity index (χ0n) is 10.9. The van der Waals surface area contributed by atoms with Crippen LogP contribution in [0.3, 0.4) is 0 Å². The number of rotatable bonds is 2. The largest absolute Gasteiger partial charge is 0.380 e. The standard InChI is InChI=1S/C14H16Cl2FNO2/c15-11-5-9(17)6-12(16)13(11)18-10-1-3-20-14(7-10)2-4-19-8-14/h5-6,10,18H,1-4,7-8H2. The number of benzene rings is 1. The van der Waals surface area contributed by atoms with Gasteiger partial charge in [-0.3, -0.25) is 0 Å². The topological polar surface area (TPSA) is 30.5 Å². The fraction of sp³-hybridized carbons (Fsp3) is 0.571. The zero-order chi connectivity index (χ0) is 14.2. The summed E-state index contributed by atoms with van der Waals surface area (Å²) in [7, 11) is 0. The van der Waals surface area contributed by atoms with E-state index in [2.05, 4.69) is 5.32 Å². The maximum atomic E-state index is 13.2. The summed E-state index contributed by atoms with van der Waals surface area (Å²) in [5.41, 5.74) is 0.408. The second-order valence-electron chi connectivity index (χ2n) is 5.41. The third-order valence-electron chi connectivity index (χ3n) is 3.92. The van der Waals surface area contributed by atoms with Gasteiger partial charge >= 0.3 is 0 Å². The molecule has 0 bridgehead atoms. The van der Waals surface area contributed by atoms with Crippen LogP contribution in [0.5, 0.6) is 0 Å². The minimum absolute atomic E-state index is 0.186. The van der Waals surface area contributed by atoms with Crippen molar-refractivity contribution in [2.75, 3.05) is 25.1 Å². The Hall–Kier alpha value is -0.550. The first-order valence-electron chi connectivity index (χ1n) is 6.71. The van der Waals surface area contributed by atoms with E-state index in [0.717, 1.165) is 25.9 Å². The van der Waals surface area contributed by atoms with Gasteiger partial charge in [-0.2, -0.15) is 0 Å². The molecule has 3 rings (SSSR count). The van der Waals surface area contributed by atoms with Crippen molar-refractivity contribution in [3.8, 4) is 0 Å². The van der Waals surface area contributed by atoms with E-state index >= 15 is 0 Å². The van der Waals surface area contributed by atoms with Crippen LogP contribution >= 0.6 is 23.2 Å². The molecule has 0 saturated carbocycles. The maximum Gasteiger partial charge on any atom is 0.126 e. The molecule has 0 amide bonds. The van der Waals surface area contributed by atoms with Crippen LogP contribution in [-0.2, 0) is 9.47 Å². The van der Waals surface area contributed by atoms with Crippen LogP contribution in [0.25, 0.3) is 0 Å². The van der Waals surface area contributed by atoms with Crippen LogP contribution in [0.15, 0.2) is 12.1 Å². The summed E-state index contributed by atoms with van der Waals surface area (Å²) >= 11 is 12.1. The number of hydrogen-bond acceptors (Lipinski definition) is 3. The summed E-state index contributed by atoms with van der Waals surface area (Å²) in [6.07, 6.45) is 2.62. The quantitative estimate of drug-likeness (QED) is 0.897. The van der Waals surface area contributed by atoms with Crippen molar-refractivity contribution in [1.82, 2.24) is 0 Å². The highest BCUT2D eigenvalue weighted by molar-refractivity contribution is 6.39. The SMILES string of the molecule is Fc1cc(Cl)c(NC2CCOC3(CCOC3)C2)c(Cl)c1. The third kappa shape index (κ3) is 2.89. The highest BCUT2D eigenvalue weighted by Crippen LogP contribution is 2.37. The number of anilines is 1. The number of ether oxygens (including phenoxy) is 2. The van der Waals surface area contributed by atoms with E-state index in [1.54, 1.807) is 0 Å². The Morgan fingerprint density at radius 2 is 2.00 bits per heavy atom. The second kappa shape index (κ2) is 5.68. The molecule has 2 unspecified atom stereocenters. The lowest BCUT2D eigenvalue weighted by Crippen LogP contribution is -2.45. The number of hydrogen-bond donors (Lipinski definition) is 1. The molecule has 20 heavy (non-hydrogen) atoms. The molecular weight excluding hydrogens is 304 g/mol. The lowest BCUT2D eigenvalue weighted by molar-refractivity contribution is -0.0828. The van der Waals surface area contributed by atoms with E-state index in [4.69, 9.17) is 32.7 Å². The Morgan fingerprint density at radius 3 is 2.65 bits per heavy atom. The fourth-order valence-electron chi connectivity index (χ4n) is 2.90. The van der Waals surface area contributed by atoms with Gasteiger partial charge in [-0.1, -0.05) is 23.2 Å². The Balaban J connectivity index is 1.74. The van der Waals surface area contributed by atoms with Crippen molar-refractivity contribution in [2.45, 2.75) is 30.9 Å². The predicted octanol–water partition coefficient (Wildman–Crippen LogP) is 3.88. The van der Waals surface area contributed by atoms with Crippen LogP contribution in [-0.4, -0.2) is 31.5 Å². The molecule has 1 spiro atoms. The number of nitrogens with one attached hydrogen (secondary N) is 1. The van der Waals surface area contributed by atoms with Gasteiger partial charge in [-0.15, -0.1) is 0 Å². The predicted molar refractivity (Wildman–Crippen MR) is 77.2 cm³/mol. The van der Waals surface area contributed by atoms with Crippen molar-refractivity contribution < 1.29 is 13.9 Å². The Bertz CT molecular complexity index is 483. The Morgan fingerprint density at radius 1 is 1.25 bits per heavy atom. The minimum Gasteiger partial charge on any atom is -0.380 e. The molecule has 3 nitrogen and oxygen atoms in total.